The predicted octanol–water partition coefficient (Wildman–Crippen LogP) is 4.97. The van der Waals surface area contributed by atoms with Crippen LogP contribution >= 0.6 is 11.8 Å². The Morgan fingerprint density at radius 1 is 1.10 bits per heavy atom. The molecule has 104 valence electrons. The van der Waals surface area contributed by atoms with E-state index in [1.165, 1.54) is 10.5 Å². The second kappa shape index (κ2) is 6.14. The third-order valence-electron chi connectivity index (χ3n) is 3.20. The highest BCUT2D eigenvalue weighted by Crippen LogP contribution is 2.31. The van der Waals surface area contributed by atoms with Crippen molar-refractivity contribution in [2.75, 3.05) is 0 Å². The zero-order chi connectivity index (χ0) is 14.7. The summed E-state index contributed by atoms with van der Waals surface area (Å²) in [6.07, 6.45) is 0. The van der Waals surface area contributed by atoms with E-state index in [2.05, 4.69) is 38.1 Å². The van der Waals surface area contributed by atoms with Gasteiger partial charge in [-0.1, -0.05) is 37.7 Å². The minimum Gasteiger partial charge on any atom is -0.478 e. The van der Waals surface area contributed by atoms with E-state index in [0.29, 0.717) is 11.5 Å². The molecule has 20 heavy (non-hydrogen) atoms. The summed E-state index contributed by atoms with van der Waals surface area (Å²) in [6, 6.07) is 13.8. The number of hydrogen-bond donors (Lipinski definition) is 1. The van der Waals surface area contributed by atoms with Gasteiger partial charge in [-0.05, 0) is 54.3 Å². The van der Waals surface area contributed by atoms with Crippen LogP contribution in [0.4, 0.5) is 0 Å². The minimum absolute atomic E-state index is 0.335. The molecule has 2 rings (SSSR count). The Morgan fingerprint density at radius 2 is 1.75 bits per heavy atom. The molecule has 0 aliphatic heterocycles. The monoisotopic (exact) mass is 286 g/mol. The lowest BCUT2D eigenvalue weighted by Gasteiger charge is -2.09. The first kappa shape index (κ1) is 14.7. The zero-order valence-corrected chi connectivity index (χ0v) is 12.7. The summed E-state index contributed by atoms with van der Waals surface area (Å²) in [6.45, 7) is 6.30. The van der Waals surface area contributed by atoms with Crippen LogP contribution in [0.1, 0.15) is 41.3 Å². The van der Waals surface area contributed by atoms with Crippen LogP contribution < -0.4 is 0 Å². The van der Waals surface area contributed by atoms with Crippen molar-refractivity contribution in [1.29, 1.82) is 0 Å². The third-order valence-corrected chi connectivity index (χ3v) is 4.38. The van der Waals surface area contributed by atoms with Crippen LogP contribution in [0.15, 0.2) is 52.3 Å². The fourth-order valence-corrected chi connectivity index (χ4v) is 2.83. The number of carbonyl (C=O) groups is 1. The van der Waals surface area contributed by atoms with Gasteiger partial charge in [0.15, 0.2) is 0 Å². The number of hydrogen-bond acceptors (Lipinski definition) is 2. The first-order chi connectivity index (χ1) is 9.47. The van der Waals surface area contributed by atoms with Crippen LogP contribution in [0.3, 0.4) is 0 Å². The van der Waals surface area contributed by atoms with E-state index in [1.54, 1.807) is 23.9 Å². The molecule has 0 aliphatic carbocycles. The lowest BCUT2D eigenvalue weighted by molar-refractivity contribution is 0.0696. The normalized spacial score (nSPS) is 10.8. The highest BCUT2D eigenvalue weighted by atomic mass is 32.2. The molecule has 0 saturated carbocycles. The van der Waals surface area contributed by atoms with E-state index in [4.69, 9.17) is 5.11 Å². The van der Waals surface area contributed by atoms with Gasteiger partial charge in [-0.3, -0.25) is 0 Å². The molecule has 2 nitrogen and oxygen atoms in total. The molecule has 2 aromatic carbocycles. The van der Waals surface area contributed by atoms with Crippen molar-refractivity contribution in [3.05, 3.63) is 59.2 Å². The number of aryl methyl sites for hydroxylation is 1. The van der Waals surface area contributed by atoms with E-state index in [1.807, 2.05) is 13.0 Å². The van der Waals surface area contributed by atoms with Gasteiger partial charge in [-0.25, -0.2) is 4.79 Å². The van der Waals surface area contributed by atoms with Gasteiger partial charge in [0.1, 0.15) is 0 Å². The molecule has 0 aliphatic rings. The van der Waals surface area contributed by atoms with Gasteiger partial charge in [-0.15, -0.1) is 0 Å². The molecule has 0 amide bonds. The van der Waals surface area contributed by atoms with Crippen molar-refractivity contribution in [1.82, 2.24) is 0 Å². The molecule has 1 N–H and O–H groups in total. The largest absolute Gasteiger partial charge is 0.478 e. The van der Waals surface area contributed by atoms with E-state index in [0.717, 1.165) is 10.5 Å². The molecule has 0 bridgehead atoms. The highest BCUT2D eigenvalue weighted by molar-refractivity contribution is 7.99. The fraction of sp³-hybridized carbons (Fsp3) is 0.235. The maximum Gasteiger partial charge on any atom is 0.335 e. The maximum atomic E-state index is 10.9. The second-order valence-electron chi connectivity index (χ2n) is 5.11. The molecule has 0 spiro atoms. The molecular weight excluding hydrogens is 268 g/mol. The maximum absolute atomic E-state index is 10.9. The summed E-state index contributed by atoms with van der Waals surface area (Å²) in [5, 5.41) is 8.97. The Hall–Kier alpha value is -1.74. The van der Waals surface area contributed by atoms with E-state index in [9.17, 15) is 4.79 Å². The summed E-state index contributed by atoms with van der Waals surface area (Å²) < 4.78 is 0. The van der Waals surface area contributed by atoms with Crippen LogP contribution in [-0.2, 0) is 0 Å². The van der Waals surface area contributed by atoms with Crippen LogP contribution in [0.5, 0.6) is 0 Å². The summed E-state index contributed by atoms with van der Waals surface area (Å²) in [7, 11) is 0. The molecule has 0 saturated heterocycles. The molecule has 0 unspecified atom stereocenters. The fourth-order valence-electron chi connectivity index (χ4n) is 1.94. The Balaban J connectivity index is 2.19. The number of carboxylic acid groups (broad SMARTS) is 1. The summed E-state index contributed by atoms with van der Waals surface area (Å²) in [4.78, 5) is 13.2. The average Bonchev–Trinajstić information content (AvgIpc) is 2.41. The summed E-state index contributed by atoms with van der Waals surface area (Å²) >= 11 is 1.66. The van der Waals surface area contributed by atoms with E-state index in [-0.39, 0.29) is 0 Å². The van der Waals surface area contributed by atoms with Crippen LogP contribution in [-0.4, -0.2) is 11.1 Å². The smallest absolute Gasteiger partial charge is 0.335 e. The Bertz CT molecular complexity index is 615. The standard InChI is InChI=1S/C17H18O2S/c1-11(2)13-4-7-15(8-5-13)20-16-9-6-14(17(18)19)10-12(16)3/h4-11H,1-3H3,(H,18,19). The molecule has 0 heterocycles. The van der Waals surface area contributed by atoms with Gasteiger partial charge in [0.2, 0.25) is 0 Å². The van der Waals surface area contributed by atoms with Gasteiger partial charge in [0, 0.05) is 9.79 Å². The molecule has 2 aromatic rings. The van der Waals surface area contributed by atoms with Crippen molar-refractivity contribution in [3.63, 3.8) is 0 Å². The van der Waals surface area contributed by atoms with Gasteiger partial charge in [0.05, 0.1) is 5.56 Å². The number of aromatic carboxylic acids is 1. The number of benzene rings is 2. The molecule has 0 radical (unpaired) electrons. The topological polar surface area (TPSA) is 37.3 Å². The van der Waals surface area contributed by atoms with Crippen molar-refractivity contribution < 1.29 is 9.90 Å². The molecule has 3 heteroatoms. The van der Waals surface area contributed by atoms with Crippen molar-refractivity contribution in [2.45, 2.75) is 36.5 Å². The first-order valence-corrected chi connectivity index (χ1v) is 7.41. The SMILES string of the molecule is Cc1cc(C(=O)O)ccc1Sc1ccc(C(C)C)cc1. The molecule has 0 aromatic heterocycles. The highest BCUT2D eigenvalue weighted by Gasteiger charge is 2.07. The van der Waals surface area contributed by atoms with Gasteiger partial charge >= 0.3 is 5.97 Å². The van der Waals surface area contributed by atoms with Gasteiger partial charge in [0.25, 0.3) is 0 Å². The van der Waals surface area contributed by atoms with Crippen molar-refractivity contribution in [3.8, 4) is 0 Å². The molecule has 0 atom stereocenters. The lowest BCUT2D eigenvalue weighted by Crippen LogP contribution is -1.96. The predicted molar refractivity (Wildman–Crippen MR) is 82.8 cm³/mol. The van der Waals surface area contributed by atoms with Crippen molar-refractivity contribution in [2.24, 2.45) is 0 Å². The minimum atomic E-state index is -0.883. The van der Waals surface area contributed by atoms with Gasteiger partial charge in [-0.2, -0.15) is 0 Å². The van der Waals surface area contributed by atoms with Gasteiger partial charge < -0.3 is 5.11 Å². The van der Waals surface area contributed by atoms with E-state index >= 15 is 0 Å². The lowest BCUT2D eigenvalue weighted by atomic mass is 10.0. The Labute approximate surface area is 123 Å². The van der Waals surface area contributed by atoms with Crippen LogP contribution in [0, 0.1) is 6.92 Å². The molecule has 0 fully saturated rings. The Morgan fingerprint density at radius 3 is 2.25 bits per heavy atom. The summed E-state index contributed by atoms with van der Waals surface area (Å²) in [5.41, 5.74) is 2.65. The Kier molecular flexibility index (Phi) is 4.50. The van der Waals surface area contributed by atoms with Crippen molar-refractivity contribution >= 4 is 17.7 Å². The third kappa shape index (κ3) is 3.42. The first-order valence-electron chi connectivity index (χ1n) is 6.59. The summed E-state index contributed by atoms with van der Waals surface area (Å²) in [5.74, 6) is -0.350. The average molecular weight is 286 g/mol. The number of rotatable bonds is 4. The molecular formula is C17H18O2S. The van der Waals surface area contributed by atoms with Crippen LogP contribution in [0.25, 0.3) is 0 Å². The number of carboxylic acids is 1. The van der Waals surface area contributed by atoms with Crippen LogP contribution in [0.2, 0.25) is 0 Å². The second-order valence-corrected chi connectivity index (χ2v) is 6.23. The van der Waals surface area contributed by atoms with E-state index < -0.39 is 5.97 Å². The zero-order valence-electron chi connectivity index (χ0n) is 11.9. The quantitative estimate of drug-likeness (QED) is 0.862.